The Balaban J connectivity index is 0.00000363. The minimum atomic E-state index is -0.403. The summed E-state index contributed by atoms with van der Waals surface area (Å²) in [6.45, 7) is 6.61. The van der Waals surface area contributed by atoms with Crippen LogP contribution in [0.25, 0.3) is 0 Å². The Labute approximate surface area is 205 Å². The highest BCUT2D eigenvalue weighted by Gasteiger charge is 2.10. The molecular weight excluding hydrogens is 525 g/mol. The molecule has 2 aromatic carbocycles. The van der Waals surface area contributed by atoms with Crippen LogP contribution in [0.1, 0.15) is 5.56 Å². The lowest BCUT2D eigenvalue weighted by atomic mass is 10.2. The average molecular weight is 555 g/mol. The van der Waals surface area contributed by atoms with Gasteiger partial charge >= 0.3 is 0 Å². The standard InChI is InChI=1S/C22H29N5O4.HI/c28-27(29)20-8-6-19(7-9-20)18-25-22(23-10-12-26-13-16-30-17-14-26)24-11-15-31-21-4-2-1-3-5-21;/h1-9H,10-18H2,(H2,23,24,25);1H. The fourth-order valence-corrected chi connectivity index (χ4v) is 3.08. The summed E-state index contributed by atoms with van der Waals surface area (Å²) in [5.41, 5.74) is 0.980. The SMILES string of the molecule is I.O=[N+]([O-])c1ccc(CN=C(NCCOc2ccccc2)NCCN2CCOCC2)cc1. The summed E-state index contributed by atoms with van der Waals surface area (Å²) in [5.74, 6) is 1.51. The lowest BCUT2D eigenvalue weighted by Gasteiger charge is -2.26. The van der Waals surface area contributed by atoms with Crippen molar-refractivity contribution in [3.8, 4) is 5.75 Å². The van der Waals surface area contributed by atoms with Crippen LogP contribution in [0.4, 0.5) is 5.69 Å². The van der Waals surface area contributed by atoms with Gasteiger partial charge in [-0.15, -0.1) is 24.0 Å². The minimum Gasteiger partial charge on any atom is -0.492 e. The maximum absolute atomic E-state index is 10.8. The van der Waals surface area contributed by atoms with Gasteiger partial charge in [0.25, 0.3) is 5.69 Å². The monoisotopic (exact) mass is 555 g/mol. The minimum absolute atomic E-state index is 0. The van der Waals surface area contributed by atoms with Crippen LogP contribution in [0.5, 0.6) is 5.75 Å². The van der Waals surface area contributed by atoms with E-state index in [1.165, 1.54) is 12.1 Å². The average Bonchev–Trinajstić information content (AvgIpc) is 2.81. The lowest BCUT2D eigenvalue weighted by Crippen LogP contribution is -2.45. The number of hydrogen-bond acceptors (Lipinski definition) is 6. The van der Waals surface area contributed by atoms with Gasteiger partial charge in [-0.2, -0.15) is 0 Å². The molecule has 10 heteroatoms. The number of rotatable bonds is 10. The van der Waals surface area contributed by atoms with Gasteiger partial charge in [0.05, 0.1) is 31.2 Å². The Hall–Kier alpha value is -2.44. The first-order valence-corrected chi connectivity index (χ1v) is 10.4. The van der Waals surface area contributed by atoms with Crippen LogP contribution < -0.4 is 15.4 Å². The van der Waals surface area contributed by atoms with E-state index < -0.39 is 4.92 Å². The number of benzene rings is 2. The van der Waals surface area contributed by atoms with E-state index in [0.29, 0.717) is 25.7 Å². The van der Waals surface area contributed by atoms with Crippen molar-refractivity contribution in [1.29, 1.82) is 0 Å². The first-order valence-electron chi connectivity index (χ1n) is 10.4. The fourth-order valence-electron chi connectivity index (χ4n) is 3.08. The van der Waals surface area contributed by atoms with Crippen LogP contribution in [0.3, 0.4) is 0 Å². The Bertz CT molecular complexity index is 830. The zero-order valence-corrected chi connectivity index (χ0v) is 20.3. The lowest BCUT2D eigenvalue weighted by molar-refractivity contribution is -0.384. The summed E-state index contributed by atoms with van der Waals surface area (Å²) in [6, 6.07) is 16.1. The van der Waals surface area contributed by atoms with Crippen molar-refractivity contribution in [2.75, 3.05) is 52.5 Å². The molecule has 1 heterocycles. The number of ether oxygens (including phenoxy) is 2. The van der Waals surface area contributed by atoms with Crippen LogP contribution in [-0.2, 0) is 11.3 Å². The van der Waals surface area contributed by atoms with E-state index >= 15 is 0 Å². The van der Waals surface area contributed by atoms with Gasteiger partial charge in [-0.3, -0.25) is 15.0 Å². The second-order valence-electron chi connectivity index (χ2n) is 7.06. The number of nitro groups is 1. The number of guanidine groups is 1. The molecule has 0 bridgehead atoms. The Kier molecular flexibility index (Phi) is 11.8. The van der Waals surface area contributed by atoms with Crippen LogP contribution >= 0.6 is 24.0 Å². The molecule has 1 fully saturated rings. The molecule has 9 nitrogen and oxygen atoms in total. The summed E-state index contributed by atoms with van der Waals surface area (Å²) >= 11 is 0. The fraction of sp³-hybridized carbons (Fsp3) is 0.409. The van der Waals surface area contributed by atoms with Crippen molar-refractivity contribution in [2.45, 2.75) is 6.54 Å². The third-order valence-corrected chi connectivity index (χ3v) is 4.80. The maximum Gasteiger partial charge on any atom is 0.269 e. The van der Waals surface area contributed by atoms with E-state index in [4.69, 9.17) is 9.47 Å². The molecule has 2 N–H and O–H groups in total. The normalized spacial score (nSPS) is 14.3. The van der Waals surface area contributed by atoms with Crippen LogP contribution in [0.2, 0.25) is 0 Å². The van der Waals surface area contributed by atoms with Crippen LogP contribution in [0.15, 0.2) is 59.6 Å². The molecule has 1 aliphatic heterocycles. The highest BCUT2D eigenvalue weighted by molar-refractivity contribution is 14.0. The number of nitrogens with zero attached hydrogens (tertiary/aromatic N) is 3. The van der Waals surface area contributed by atoms with Crippen molar-refractivity contribution in [2.24, 2.45) is 4.99 Å². The van der Waals surface area contributed by atoms with E-state index in [9.17, 15) is 10.1 Å². The van der Waals surface area contributed by atoms with Crippen molar-refractivity contribution in [3.63, 3.8) is 0 Å². The van der Waals surface area contributed by atoms with E-state index in [1.807, 2.05) is 30.3 Å². The Morgan fingerprint density at radius 2 is 1.75 bits per heavy atom. The van der Waals surface area contributed by atoms with Gasteiger partial charge in [-0.25, -0.2) is 4.99 Å². The zero-order valence-electron chi connectivity index (χ0n) is 17.9. The second-order valence-corrected chi connectivity index (χ2v) is 7.06. The van der Waals surface area contributed by atoms with Crippen molar-refractivity contribution in [1.82, 2.24) is 15.5 Å². The molecule has 174 valence electrons. The molecular formula is C22H30IN5O4. The first kappa shape index (κ1) is 25.8. The summed E-state index contributed by atoms with van der Waals surface area (Å²) < 4.78 is 11.1. The van der Waals surface area contributed by atoms with Gasteiger partial charge in [0.2, 0.25) is 0 Å². The second kappa shape index (κ2) is 14.6. The van der Waals surface area contributed by atoms with Crippen LogP contribution in [0, 0.1) is 10.1 Å². The third-order valence-electron chi connectivity index (χ3n) is 4.80. The van der Waals surface area contributed by atoms with E-state index in [-0.39, 0.29) is 29.7 Å². The summed E-state index contributed by atoms with van der Waals surface area (Å²) in [4.78, 5) is 17.4. The number of para-hydroxylation sites is 1. The number of halogens is 1. The first-order chi connectivity index (χ1) is 15.2. The number of morpholine rings is 1. The third kappa shape index (κ3) is 9.37. The number of aliphatic imine (C=N–C) groups is 1. The number of nitro benzene ring substituents is 1. The van der Waals surface area contributed by atoms with Gasteiger partial charge in [0.1, 0.15) is 12.4 Å². The predicted molar refractivity (Wildman–Crippen MR) is 135 cm³/mol. The van der Waals surface area contributed by atoms with Crippen molar-refractivity contribution in [3.05, 3.63) is 70.3 Å². The molecule has 1 aliphatic rings. The van der Waals surface area contributed by atoms with Gasteiger partial charge in [-0.05, 0) is 17.7 Å². The molecule has 0 spiro atoms. The molecule has 0 radical (unpaired) electrons. The number of nitrogens with one attached hydrogen (secondary N) is 2. The molecule has 0 atom stereocenters. The van der Waals surface area contributed by atoms with Crippen LogP contribution in [-0.4, -0.2) is 68.3 Å². The Morgan fingerprint density at radius 3 is 2.44 bits per heavy atom. The molecule has 32 heavy (non-hydrogen) atoms. The number of hydrogen-bond donors (Lipinski definition) is 2. The topological polar surface area (TPSA) is 101 Å². The predicted octanol–water partition coefficient (Wildman–Crippen LogP) is 2.66. The van der Waals surface area contributed by atoms with Gasteiger partial charge in [-0.1, -0.05) is 30.3 Å². The zero-order chi connectivity index (χ0) is 21.7. The summed E-state index contributed by atoms with van der Waals surface area (Å²) in [7, 11) is 0. The summed E-state index contributed by atoms with van der Waals surface area (Å²) in [5, 5.41) is 17.5. The highest BCUT2D eigenvalue weighted by Crippen LogP contribution is 2.12. The van der Waals surface area contributed by atoms with E-state index in [1.54, 1.807) is 12.1 Å². The molecule has 0 amide bonds. The maximum atomic E-state index is 10.8. The Morgan fingerprint density at radius 1 is 1.06 bits per heavy atom. The smallest absolute Gasteiger partial charge is 0.269 e. The summed E-state index contributed by atoms with van der Waals surface area (Å²) in [6.07, 6.45) is 0. The highest BCUT2D eigenvalue weighted by atomic mass is 127. The van der Waals surface area contributed by atoms with Gasteiger partial charge in [0, 0.05) is 38.3 Å². The molecule has 0 saturated carbocycles. The van der Waals surface area contributed by atoms with Crippen molar-refractivity contribution >= 4 is 35.6 Å². The van der Waals surface area contributed by atoms with Crippen molar-refractivity contribution < 1.29 is 14.4 Å². The van der Waals surface area contributed by atoms with Gasteiger partial charge in [0.15, 0.2) is 5.96 Å². The van der Waals surface area contributed by atoms with E-state index in [0.717, 1.165) is 50.7 Å². The molecule has 3 rings (SSSR count). The largest absolute Gasteiger partial charge is 0.492 e. The quantitative estimate of drug-likeness (QED) is 0.116. The molecule has 0 aliphatic carbocycles. The molecule has 1 saturated heterocycles. The molecule has 0 unspecified atom stereocenters. The molecule has 0 aromatic heterocycles. The molecule has 2 aromatic rings. The van der Waals surface area contributed by atoms with E-state index in [2.05, 4.69) is 20.5 Å². The number of non-ortho nitro benzene ring substituents is 1. The van der Waals surface area contributed by atoms with Gasteiger partial charge < -0.3 is 20.1 Å².